The quantitative estimate of drug-likeness (QED) is 0.425. The fourth-order valence-corrected chi connectivity index (χ4v) is 6.38. The van der Waals surface area contributed by atoms with Crippen molar-refractivity contribution in [1.29, 1.82) is 0 Å². The van der Waals surface area contributed by atoms with Gasteiger partial charge in [0, 0.05) is 11.8 Å². The number of fused-ring (bicyclic) bond motifs is 4. The van der Waals surface area contributed by atoms with Gasteiger partial charge in [-0.15, -0.1) is 0 Å². The van der Waals surface area contributed by atoms with Gasteiger partial charge in [-0.1, -0.05) is 0 Å². The van der Waals surface area contributed by atoms with Crippen LogP contribution in [0.1, 0.15) is 46.6 Å². The highest BCUT2D eigenvalue weighted by atomic mass is 16.8. The van der Waals surface area contributed by atoms with E-state index in [0.717, 1.165) is 12.1 Å². The van der Waals surface area contributed by atoms with E-state index in [1.54, 1.807) is 12.1 Å². The number of phenols is 1. The van der Waals surface area contributed by atoms with Gasteiger partial charge in [0.2, 0.25) is 12.5 Å². The molecular weight excluding hydrogens is 556 g/mol. The Morgan fingerprint density at radius 1 is 0.976 bits per heavy atom. The van der Waals surface area contributed by atoms with E-state index < -0.39 is 105 Å². The van der Waals surface area contributed by atoms with Crippen LogP contribution in [0.25, 0.3) is 0 Å². The van der Waals surface area contributed by atoms with Crippen LogP contribution in [-0.4, -0.2) is 92.3 Å². The summed E-state index contributed by atoms with van der Waals surface area (Å²) in [5.74, 6) is -5.39. The number of hydrogen-bond acceptors (Lipinski definition) is 13. The highest BCUT2D eigenvalue weighted by Crippen LogP contribution is 2.57. The number of esters is 1. The smallest absolute Gasteiger partial charge is 0.310 e. The topological polar surface area (TPSA) is 161 Å². The third-order valence-electron chi connectivity index (χ3n) is 8.28. The summed E-state index contributed by atoms with van der Waals surface area (Å²) in [6.07, 6.45) is -10.1. The maximum atomic E-state index is 13.6. The fourth-order valence-electron chi connectivity index (χ4n) is 6.38. The standard InChI is InChI=1S/C29H32O13/c1-11-36-9-20-27(40-11)24(31)25(32)29(41-20)42-26-14-7-17-16(38-10-39-17)6-13(14)21(22-15(26)8-37-28(22)33)12-4-18(34-2)23(30)19(5-12)35-3/h4-7,11,15,20-22,24-27,29-32H,8-10H2,1-3H3/t11-,15+,20-,21-,22+,24-,25-,26-,27-,29+/m1/s1/i2D3,3D3,9D2. The van der Waals surface area contributed by atoms with Gasteiger partial charge in [-0.2, -0.15) is 0 Å². The van der Waals surface area contributed by atoms with E-state index in [1.165, 1.54) is 6.92 Å². The minimum Gasteiger partial charge on any atom is -0.502 e. The van der Waals surface area contributed by atoms with Crippen molar-refractivity contribution >= 4 is 5.97 Å². The first-order valence-corrected chi connectivity index (χ1v) is 13.2. The Balaban J connectivity index is 1.34. The van der Waals surface area contributed by atoms with Gasteiger partial charge in [0.25, 0.3) is 0 Å². The van der Waals surface area contributed by atoms with Crippen LogP contribution in [0, 0.1) is 11.8 Å². The Labute approximate surface area is 251 Å². The zero-order valence-corrected chi connectivity index (χ0v) is 21.9. The summed E-state index contributed by atoms with van der Waals surface area (Å²) in [7, 11) is -6.16. The molecule has 226 valence electrons. The van der Waals surface area contributed by atoms with Gasteiger partial charge < -0.3 is 58.0 Å². The van der Waals surface area contributed by atoms with E-state index >= 15 is 0 Å². The van der Waals surface area contributed by atoms with Gasteiger partial charge in [-0.25, -0.2) is 0 Å². The average molecular weight is 597 g/mol. The van der Waals surface area contributed by atoms with Crippen molar-refractivity contribution in [3.05, 3.63) is 41.0 Å². The number of carbonyl (C=O) groups is 1. The molecular formula is C29H32O13. The number of benzene rings is 2. The number of methoxy groups -OCH3 is 2. The Kier molecular flexibility index (Phi) is 4.91. The Morgan fingerprint density at radius 2 is 1.69 bits per heavy atom. The second-order valence-corrected chi connectivity index (χ2v) is 10.6. The van der Waals surface area contributed by atoms with Gasteiger partial charge in [-0.05, 0) is 47.9 Å². The lowest BCUT2D eigenvalue weighted by atomic mass is 9.66. The van der Waals surface area contributed by atoms with Gasteiger partial charge in [0.05, 0.1) is 50.2 Å². The van der Waals surface area contributed by atoms with Gasteiger partial charge in [0.1, 0.15) is 24.4 Å². The molecule has 5 aliphatic rings. The van der Waals surface area contributed by atoms with Gasteiger partial charge >= 0.3 is 5.97 Å². The van der Waals surface area contributed by atoms with Crippen LogP contribution in [0.2, 0.25) is 0 Å². The highest BCUT2D eigenvalue weighted by Gasteiger charge is 2.56. The number of aliphatic hydroxyl groups excluding tert-OH is 2. The molecule has 0 amide bonds. The highest BCUT2D eigenvalue weighted by molar-refractivity contribution is 5.79. The number of hydrogen-bond donors (Lipinski definition) is 3. The predicted molar refractivity (Wildman–Crippen MR) is 138 cm³/mol. The Hall–Kier alpha value is -3.33. The number of aromatic hydroxyl groups is 1. The first kappa shape index (κ1) is 19.8. The first-order chi connectivity index (χ1) is 23.3. The van der Waals surface area contributed by atoms with Gasteiger partial charge in [0.15, 0.2) is 35.6 Å². The van der Waals surface area contributed by atoms with Crippen molar-refractivity contribution in [2.75, 3.05) is 34.0 Å². The summed E-state index contributed by atoms with van der Waals surface area (Å²) in [6.45, 7) is -1.40. The summed E-state index contributed by atoms with van der Waals surface area (Å²) < 4.78 is 112. The van der Waals surface area contributed by atoms with E-state index in [2.05, 4.69) is 0 Å². The van der Waals surface area contributed by atoms with E-state index in [4.69, 9.17) is 53.6 Å². The van der Waals surface area contributed by atoms with Crippen molar-refractivity contribution in [2.45, 2.75) is 55.9 Å². The Bertz CT molecular complexity index is 1630. The molecule has 4 heterocycles. The molecule has 13 nitrogen and oxygen atoms in total. The number of carbonyl (C=O) groups excluding carboxylic acids is 1. The molecule has 0 bridgehead atoms. The lowest BCUT2D eigenvalue weighted by molar-refractivity contribution is -0.364. The van der Waals surface area contributed by atoms with E-state index in [-0.39, 0.29) is 30.5 Å². The molecule has 10 atom stereocenters. The van der Waals surface area contributed by atoms with E-state index in [0.29, 0.717) is 11.1 Å². The number of ether oxygens (including phenoxy) is 9. The number of phenolic OH excluding ortho intramolecular Hbond substituents is 1. The first-order valence-electron chi connectivity index (χ1n) is 17.2. The summed E-state index contributed by atoms with van der Waals surface area (Å²) in [4.78, 5) is 13.6. The second-order valence-electron chi connectivity index (χ2n) is 10.6. The SMILES string of the molecule is [2H]C([2H])([2H])Oc1cc([C@@H]2c3cc4c(cc3[C@@H](O[C@@H]3O[C@H]5[C@@H](O[C@H](C)OC5([2H])[2H])[C@H](O)[C@H]3O)[C@H]3COC(=O)[C@H]23)OCO4)cc(OC([2H])([2H])[2H])c1O. The van der Waals surface area contributed by atoms with Crippen LogP contribution in [0.4, 0.5) is 0 Å². The Morgan fingerprint density at radius 3 is 2.40 bits per heavy atom. The molecule has 3 saturated heterocycles. The molecule has 0 aromatic heterocycles. The van der Waals surface area contributed by atoms with Crippen LogP contribution >= 0.6 is 0 Å². The van der Waals surface area contributed by atoms with Crippen LogP contribution in [0.15, 0.2) is 24.3 Å². The molecule has 7 rings (SSSR count). The van der Waals surface area contributed by atoms with Crippen LogP contribution < -0.4 is 18.9 Å². The maximum Gasteiger partial charge on any atom is 0.310 e. The molecule has 0 spiro atoms. The third-order valence-corrected chi connectivity index (χ3v) is 8.28. The summed E-state index contributed by atoms with van der Waals surface area (Å²) in [5.41, 5.74) is 0.783. The zero-order valence-electron chi connectivity index (χ0n) is 29.9. The molecule has 0 radical (unpaired) electrons. The lowest BCUT2D eigenvalue weighted by Gasteiger charge is -2.47. The molecule has 0 unspecified atom stereocenters. The van der Waals surface area contributed by atoms with E-state index in [9.17, 15) is 20.1 Å². The van der Waals surface area contributed by atoms with E-state index in [1.807, 2.05) is 0 Å². The molecule has 2 aromatic rings. The largest absolute Gasteiger partial charge is 0.502 e. The molecule has 1 aliphatic carbocycles. The van der Waals surface area contributed by atoms with Crippen molar-refractivity contribution < 1.29 is 73.7 Å². The van der Waals surface area contributed by atoms with Gasteiger partial charge in [-0.3, -0.25) is 4.79 Å². The number of cyclic esters (lactones) is 1. The molecule has 42 heavy (non-hydrogen) atoms. The summed E-state index contributed by atoms with van der Waals surface area (Å²) >= 11 is 0. The minimum absolute atomic E-state index is 0.0970. The van der Waals surface area contributed by atoms with Crippen LogP contribution in [-0.2, 0) is 28.5 Å². The van der Waals surface area contributed by atoms with Crippen molar-refractivity contribution in [2.24, 2.45) is 11.8 Å². The maximum absolute atomic E-state index is 13.6. The minimum atomic E-state index is -3.08. The summed E-state index contributed by atoms with van der Waals surface area (Å²) in [6, 6.07) is 5.41. The zero-order chi connectivity index (χ0) is 36.1. The molecule has 3 N–H and O–H groups in total. The van der Waals surface area contributed by atoms with Crippen molar-refractivity contribution in [3.8, 4) is 28.7 Å². The normalized spacial score (nSPS) is 41.1. The molecule has 3 fully saturated rings. The summed E-state index contributed by atoms with van der Waals surface area (Å²) in [5, 5.41) is 32.9. The number of rotatable bonds is 5. The monoisotopic (exact) mass is 596 g/mol. The van der Waals surface area contributed by atoms with Crippen molar-refractivity contribution in [1.82, 2.24) is 0 Å². The second kappa shape index (κ2) is 10.4. The fraction of sp³-hybridized carbons (Fsp3) is 0.552. The van der Waals surface area contributed by atoms with Crippen LogP contribution in [0.5, 0.6) is 28.7 Å². The molecule has 0 saturated carbocycles. The van der Waals surface area contributed by atoms with Crippen LogP contribution in [0.3, 0.4) is 0 Å². The van der Waals surface area contributed by atoms with Crippen molar-refractivity contribution in [3.63, 3.8) is 0 Å². The molecule has 4 aliphatic heterocycles. The number of aliphatic hydroxyl groups is 2. The molecule has 13 heteroatoms. The third kappa shape index (κ3) is 4.26. The molecule has 2 aromatic carbocycles. The average Bonchev–Trinajstić information content (AvgIpc) is 3.61. The lowest BCUT2D eigenvalue weighted by Crippen LogP contribution is -2.63. The predicted octanol–water partition coefficient (Wildman–Crippen LogP) is 1.34.